The first kappa shape index (κ1) is 69.8. The average Bonchev–Trinajstić information content (AvgIpc) is 1.33. The molecule has 0 unspecified atom stereocenters. The van der Waals surface area contributed by atoms with E-state index in [-0.39, 0.29) is 63.3 Å². The molecular formula is C52H62Cl2F2N18O16S3+2. The number of aryl methyl sites for hydroxylation is 2. The molecule has 0 radical (unpaired) electrons. The van der Waals surface area contributed by atoms with Gasteiger partial charge in [0.25, 0.3) is 35.8 Å². The maximum absolute atomic E-state index is 15.5. The number of aliphatic carboxylic acids is 2. The highest BCUT2D eigenvalue weighted by Gasteiger charge is 2.61. The third kappa shape index (κ3) is 14.9. The lowest BCUT2D eigenvalue weighted by Gasteiger charge is -2.52. The second-order valence-electron chi connectivity index (χ2n) is 21.5. The van der Waals surface area contributed by atoms with Crippen LogP contribution in [0.25, 0.3) is 22.3 Å². The standard InChI is InChI=1S/C52H60Cl2F2N18O16S3/c1-51(2)37(65-43(75)35(33-39(53)91-49(61)63-33)67-87-31(47(79)80)21-85-23-9-11-25(29(55)17-23)27-19-71(15-7-13-57)69(5)41(27)59)45(77)73(51)89-93(83,84)90-74-46(78)38(52(74,3)4)66-44(76)36(34-40(54)92-50(62)64-34)68-88-32(48(81)82)22-86-24-10-12-26(30(56)18-24)28-20-72(16-8-14-58)70(6)42(28)60/h9-12,17-20,31-32,37-38,59-60H,7-8,13-16,21-22,57-58H2,1-6H3,(H8,61,62,63,64,65,66,75,76,79,80,81,82)/p+2/b67-35-,68-36-/t31-,32-,37+,38+/m0/s1. The van der Waals surface area contributed by atoms with Gasteiger partial charge in [0.15, 0.2) is 46.4 Å². The number of anilines is 4. The molecule has 93 heavy (non-hydrogen) atoms. The van der Waals surface area contributed by atoms with Crippen LogP contribution in [0.4, 0.5) is 30.7 Å². The van der Waals surface area contributed by atoms with E-state index in [0.717, 1.165) is 12.1 Å². The summed E-state index contributed by atoms with van der Waals surface area (Å²) in [7, 11) is -2.08. The minimum atomic E-state index is -5.47. The summed E-state index contributed by atoms with van der Waals surface area (Å²) in [6.45, 7) is 5.18. The maximum Gasteiger partial charge on any atom is 0.442 e. The van der Waals surface area contributed by atoms with Crippen molar-refractivity contribution in [1.82, 2.24) is 40.1 Å². The van der Waals surface area contributed by atoms with Crippen LogP contribution in [0.1, 0.15) is 51.9 Å². The summed E-state index contributed by atoms with van der Waals surface area (Å²) in [5.41, 5.74) is 30.3. The lowest BCUT2D eigenvalue weighted by Crippen LogP contribution is -2.78. The number of carboxylic acid groups (broad SMARTS) is 2. The van der Waals surface area contributed by atoms with Crippen LogP contribution in [-0.2, 0) is 84.6 Å². The van der Waals surface area contributed by atoms with E-state index in [9.17, 15) is 47.4 Å². The van der Waals surface area contributed by atoms with Crippen molar-refractivity contribution in [1.29, 1.82) is 0 Å². The number of carboxylic acids is 2. The first-order chi connectivity index (χ1) is 43.7. The normalized spacial score (nSPS) is 16.9. The zero-order valence-electron chi connectivity index (χ0n) is 49.9. The number of halogens is 4. The lowest BCUT2D eigenvalue weighted by atomic mass is 9.84. The van der Waals surface area contributed by atoms with E-state index in [1.165, 1.54) is 52.0 Å². The van der Waals surface area contributed by atoms with Crippen LogP contribution >= 0.6 is 45.9 Å². The summed E-state index contributed by atoms with van der Waals surface area (Å²) in [4.78, 5) is 98.5. The van der Waals surface area contributed by atoms with E-state index in [1.54, 1.807) is 45.2 Å². The predicted octanol–water partition coefficient (Wildman–Crippen LogP) is 0.322. The van der Waals surface area contributed by atoms with Gasteiger partial charge < -0.3 is 74.4 Å². The van der Waals surface area contributed by atoms with Gasteiger partial charge in [-0.15, -0.1) is 27.3 Å². The van der Waals surface area contributed by atoms with E-state index in [2.05, 4.69) is 30.9 Å². The number of nitrogens with zero attached hydrogens (tertiary/aromatic N) is 10. The van der Waals surface area contributed by atoms with Gasteiger partial charge in [0.2, 0.25) is 12.4 Å². The number of thiazole rings is 2. The van der Waals surface area contributed by atoms with Gasteiger partial charge in [-0.05, 0) is 65.0 Å². The minimum absolute atomic E-state index is 0.112. The zero-order chi connectivity index (χ0) is 68.3. The average molecular weight is 1400 g/mol. The molecule has 4 aromatic heterocycles. The quantitative estimate of drug-likeness (QED) is 0.0126. The van der Waals surface area contributed by atoms with Crippen molar-refractivity contribution in [3.8, 4) is 33.8 Å². The van der Waals surface area contributed by atoms with Crippen LogP contribution in [0.2, 0.25) is 8.67 Å². The molecule has 34 nitrogen and oxygen atoms in total. The van der Waals surface area contributed by atoms with Gasteiger partial charge in [0.05, 0.1) is 36.3 Å². The number of ether oxygens (including phenoxy) is 2. The van der Waals surface area contributed by atoms with Gasteiger partial charge in [0, 0.05) is 36.1 Å². The third-order valence-electron chi connectivity index (χ3n) is 14.4. The van der Waals surface area contributed by atoms with Gasteiger partial charge in [0.1, 0.15) is 68.5 Å². The van der Waals surface area contributed by atoms with Gasteiger partial charge in [-0.25, -0.2) is 28.3 Å². The number of β-lactam (4-membered cyclic amide) rings is 2. The van der Waals surface area contributed by atoms with Crippen molar-refractivity contribution in [2.75, 3.05) is 49.2 Å². The van der Waals surface area contributed by atoms with E-state index in [0.29, 0.717) is 72.8 Å². The van der Waals surface area contributed by atoms with Crippen LogP contribution in [-0.4, -0.2) is 157 Å². The lowest BCUT2D eigenvalue weighted by molar-refractivity contribution is -0.772. The molecule has 4 amide bonds. The molecule has 16 N–H and O–H groups in total. The molecule has 4 atom stereocenters. The number of oxime groups is 2. The number of nitrogens with one attached hydrogen (secondary N) is 2. The van der Waals surface area contributed by atoms with E-state index in [1.807, 2.05) is 0 Å². The largest absolute Gasteiger partial charge is 0.489 e. The molecule has 2 aliphatic heterocycles. The zero-order valence-corrected chi connectivity index (χ0v) is 53.8. The molecule has 2 aromatic carbocycles. The Bertz CT molecular complexity index is 3860. The molecule has 6 heterocycles. The van der Waals surface area contributed by atoms with Crippen LogP contribution in [0, 0.1) is 11.6 Å². The fourth-order valence-corrected chi connectivity index (χ4v) is 12.0. The minimum Gasteiger partial charge on any atom is -0.489 e. The Labute approximate surface area is 544 Å². The van der Waals surface area contributed by atoms with E-state index in [4.69, 9.17) is 85.3 Å². The van der Waals surface area contributed by atoms with Crippen molar-refractivity contribution in [3.63, 3.8) is 0 Å². The van der Waals surface area contributed by atoms with Crippen molar-refractivity contribution in [2.24, 2.45) is 35.9 Å². The highest BCUT2D eigenvalue weighted by atomic mass is 35.5. The van der Waals surface area contributed by atoms with Gasteiger partial charge in [-0.3, -0.25) is 19.2 Å². The molecule has 2 fully saturated rings. The molecule has 8 rings (SSSR count). The Hall–Kier alpha value is -9.09. The smallest absolute Gasteiger partial charge is 0.442 e. The summed E-state index contributed by atoms with van der Waals surface area (Å²) >= 11 is 14.0. The first-order valence-electron chi connectivity index (χ1n) is 27.4. The number of amides is 4. The summed E-state index contributed by atoms with van der Waals surface area (Å²) in [6.07, 6.45) is 0.583. The molecule has 0 saturated carbocycles. The van der Waals surface area contributed by atoms with Gasteiger partial charge >= 0.3 is 22.3 Å². The highest BCUT2D eigenvalue weighted by Crippen LogP contribution is 2.38. The summed E-state index contributed by atoms with van der Waals surface area (Å²) in [6, 6.07) is 4.11. The number of nitrogens with two attached hydrogens (primary N) is 6. The van der Waals surface area contributed by atoms with Crippen LogP contribution in [0.5, 0.6) is 11.5 Å². The Morgan fingerprint density at radius 2 is 1.04 bits per heavy atom. The number of nitrogen functional groups attached to an aromatic ring is 4. The molecule has 0 bridgehead atoms. The number of benzene rings is 2. The molecule has 500 valence electrons. The number of hydrogen-bond acceptors (Lipinski definition) is 26. The van der Waals surface area contributed by atoms with E-state index < -0.39 is 129 Å². The van der Waals surface area contributed by atoms with E-state index >= 15 is 8.78 Å². The summed E-state index contributed by atoms with van der Waals surface area (Å²) in [5.74, 6) is -9.64. The third-order valence-corrected chi connectivity index (χ3v) is 17.3. The summed E-state index contributed by atoms with van der Waals surface area (Å²) in [5, 5.41) is 32.3. The van der Waals surface area contributed by atoms with Crippen molar-refractivity contribution in [3.05, 3.63) is 80.5 Å². The number of hydrogen-bond donors (Lipinski definition) is 10. The molecule has 2 saturated heterocycles. The first-order valence-corrected chi connectivity index (χ1v) is 31.1. The second-order valence-corrected chi connectivity index (χ2v) is 25.8. The van der Waals surface area contributed by atoms with Crippen molar-refractivity contribution < 1.29 is 93.3 Å². The Balaban J connectivity index is 0.893. The maximum atomic E-state index is 15.5. The fraction of sp³-hybridized carbons (Fsp3) is 0.385. The number of hydroxylamine groups is 4. The SMILES string of the molecule is Cn1c(N)c(-c2ccc(OC[C@H](O/N=C(\C(=O)N[C@@H]3C(=O)N(OS(=O)(=O)ON4C(=O)[C@@H](NC(=O)/C(=N\O[C@@H](COc5ccc(-c6c[n+](CCCN)n(C)c6N)c(F)c5)C(=O)O)c5nc(N)sc5Cl)C4(C)C)C3(C)C)c3nc(N)sc3Cl)C(=O)O)cc2F)c[n+]1CCCN. The molecule has 41 heteroatoms. The highest BCUT2D eigenvalue weighted by molar-refractivity contribution is 7.81. The second kappa shape index (κ2) is 28.0. The molecule has 6 aromatic rings. The number of aromatic nitrogens is 6. The van der Waals surface area contributed by atoms with Gasteiger partial charge in [-0.1, -0.05) is 56.2 Å². The molecular weight excluding hydrogens is 1340 g/mol. The molecule has 0 aliphatic carbocycles. The molecule has 2 aliphatic rings. The Morgan fingerprint density at radius 1 is 0.677 bits per heavy atom. The van der Waals surface area contributed by atoms with Crippen LogP contribution in [0.3, 0.4) is 0 Å². The Morgan fingerprint density at radius 3 is 1.34 bits per heavy atom. The number of carbonyl (C=O) groups excluding carboxylic acids is 4. The predicted molar refractivity (Wildman–Crippen MR) is 327 cm³/mol. The summed E-state index contributed by atoms with van der Waals surface area (Å²) < 4.78 is 85.4. The number of rotatable bonds is 30. The van der Waals surface area contributed by atoms with Crippen LogP contribution in [0.15, 0.2) is 59.1 Å². The topological polar surface area (TPSA) is 487 Å². The number of carbonyl (C=O) groups is 6. The Kier molecular flexibility index (Phi) is 21.0. The monoisotopic (exact) mass is 1400 g/mol. The van der Waals surface area contributed by atoms with Crippen LogP contribution < -0.4 is 63.9 Å². The molecule has 0 spiro atoms. The van der Waals surface area contributed by atoms with Gasteiger partial charge in [-0.2, -0.15) is 18.5 Å². The van der Waals surface area contributed by atoms with Crippen molar-refractivity contribution >= 4 is 125 Å². The fourth-order valence-electron chi connectivity index (χ4n) is 9.22. The van der Waals surface area contributed by atoms with Crippen molar-refractivity contribution in [2.45, 2.75) is 89.0 Å².